The summed E-state index contributed by atoms with van der Waals surface area (Å²) in [5.41, 5.74) is 1.80. The second kappa shape index (κ2) is 7.98. The van der Waals surface area contributed by atoms with Gasteiger partial charge in [-0.3, -0.25) is 4.79 Å². The van der Waals surface area contributed by atoms with E-state index < -0.39 is 18.1 Å². The Labute approximate surface area is 135 Å². The average molecular weight is 317 g/mol. The number of carbonyl (C=O) groups is 1. The number of benzene rings is 2. The molecule has 0 bridgehead atoms. The number of hydrogen-bond donors (Lipinski definition) is 2. The first kappa shape index (κ1) is 16.5. The number of carboxylic acid groups (broad SMARTS) is 1. The Morgan fingerprint density at radius 3 is 2.18 bits per heavy atom. The Balaban J connectivity index is 2.22. The number of carboxylic acids is 1. The third-order valence-corrected chi connectivity index (χ3v) is 3.82. The van der Waals surface area contributed by atoms with Gasteiger partial charge in [0.25, 0.3) is 0 Å². The van der Waals surface area contributed by atoms with E-state index >= 15 is 0 Å². The van der Waals surface area contributed by atoms with Crippen molar-refractivity contribution in [1.82, 2.24) is 4.31 Å². The molecule has 5 heteroatoms. The van der Waals surface area contributed by atoms with E-state index in [0.29, 0.717) is 6.54 Å². The number of hydrogen-bond acceptors (Lipinski definition) is 4. The summed E-state index contributed by atoms with van der Waals surface area (Å²) in [4.78, 5) is 11.7. The maximum absolute atomic E-state index is 11.7. The molecule has 4 nitrogen and oxygen atoms in total. The van der Waals surface area contributed by atoms with E-state index in [-0.39, 0.29) is 0 Å². The standard InChI is InChI=1S/C17H19NO3S/c1-21-16(14-10-6-3-7-11-14)15(17(19)20)18(22)12-13-8-4-2-5-9-13/h2-11,15-16,22H,12H2,1H3,(H,19,20)/t15-,16?/m1/s1. The van der Waals surface area contributed by atoms with Gasteiger partial charge < -0.3 is 9.84 Å². The lowest BCUT2D eigenvalue weighted by atomic mass is 10.0. The van der Waals surface area contributed by atoms with E-state index in [1.54, 1.807) is 0 Å². The topological polar surface area (TPSA) is 49.8 Å². The van der Waals surface area contributed by atoms with Crippen molar-refractivity contribution in [3.63, 3.8) is 0 Å². The van der Waals surface area contributed by atoms with Gasteiger partial charge in [-0.2, -0.15) is 0 Å². The van der Waals surface area contributed by atoms with Gasteiger partial charge in [0, 0.05) is 13.7 Å². The fourth-order valence-electron chi connectivity index (χ4n) is 2.37. The van der Waals surface area contributed by atoms with Crippen molar-refractivity contribution in [3.05, 3.63) is 71.8 Å². The van der Waals surface area contributed by atoms with Crippen molar-refractivity contribution >= 4 is 18.8 Å². The minimum atomic E-state index is -0.971. The summed E-state index contributed by atoms with van der Waals surface area (Å²) in [5, 5.41) is 9.61. The monoisotopic (exact) mass is 317 g/mol. The highest BCUT2D eigenvalue weighted by Crippen LogP contribution is 2.27. The summed E-state index contributed by atoms with van der Waals surface area (Å²) < 4.78 is 6.95. The van der Waals surface area contributed by atoms with Crippen LogP contribution in [-0.2, 0) is 16.1 Å². The molecule has 0 aliphatic heterocycles. The molecular formula is C17H19NO3S. The second-order valence-electron chi connectivity index (χ2n) is 4.93. The molecule has 0 saturated heterocycles. The molecule has 116 valence electrons. The zero-order valence-electron chi connectivity index (χ0n) is 12.3. The van der Waals surface area contributed by atoms with Crippen LogP contribution in [0.15, 0.2) is 60.7 Å². The predicted octanol–water partition coefficient (Wildman–Crippen LogP) is 3.17. The molecule has 2 atom stereocenters. The molecule has 0 fully saturated rings. The van der Waals surface area contributed by atoms with Crippen LogP contribution >= 0.6 is 12.8 Å². The maximum atomic E-state index is 11.7. The molecule has 2 aromatic rings. The van der Waals surface area contributed by atoms with Crippen LogP contribution in [0, 0.1) is 0 Å². The van der Waals surface area contributed by atoms with Gasteiger partial charge >= 0.3 is 5.97 Å². The van der Waals surface area contributed by atoms with Gasteiger partial charge in [-0.15, -0.1) is 0 Å². The van der Waals surface area contributed by atoms with E-state index in [9.17, 15) is 9.90 Å². The molecule has 0 aliphatic carbocycles. The van der Waals surface area contributed by atoms with Crippen LogP contribution in [0.2, 0.25) is 0 Å². The Hall–Kier alpha value is -1.82. The molecular weight excluding hydrogens is 298 g/mol. The van der Waals surface area contributed by atoms with E-state index in [1.165, 1.54) is 11.4 Å². The Kier molecular flexibility index (Phi) is 6.00. The van der Waals surface area contributed by atoms with Gasteiger partial charge in [0.2, 0.25) is 0 Å². The molecule has 0 amide bonds. The number of ether oxygens (including phenoxy) is 1. The Morgan fingerprint density at radius 1 is 1.14 bits per heavy atom. The van der Waals surface area contributed by atoms with E-state index in [0.717, 1.165) is 11.1 Å². The van der Waals surface area contributed by atoms with Gasteiger partial charge in [0.05, 0.1) is 0 Å². The first-order chi connectivity index (χ1) is 10.6. The number of rotatable bonds is 7. The highest BCUT2D eigenvalue weighted by molar-refractivity contribution is 7.77. The first-order valence-corrected chi connectivity index (χ1v) is 7.33. The molecule has 0 heterocycles. The van der Waals surface area contributed by atoms with Crippen LogP contribution in [0.1, 0.15) is 17.2 Å². The lowest BCUT2D eigenvalue weighted by molar-refractivity contribution is -0.146. The first-order valence-electron chi connectivity index (χ1n) is 6.93. The van der Waals surface area contributed by atoms with Crippen LogP contribution in [0.5, 0.6) is 0 Å². The minimum absolute atomic E-state index is 0.410. The highest BCUT2D eigenvalue weighted by Gasteiger charge is 2.33. The van der Waals surface area contributed by atoms with E-state index in [1.807, 2.05) is 60.7 Å². The second-order valence-corrected chi connectivity index (χ2v) is 5.45. The summed E-state index contributed by atoms with van der Waals surface area (Å²) in [6.07, 6.45) is -0.597. The summed E-state index contributed by atoms with van der Waals surface area (Å²) in [7, 11) is 1.51. The number of methoxy groups -OCH3 is 1. The molecule has 1 N–H and O–H groups in total. The molecule has 22 heavy (non-hydrogen) atoms. The lowest BCUT2D eigenvalue weighted by Gasteiger charge is -2.30. The third-order valence-electron chi connectivity index (χ3n) is 3.43. The smallest absolute Gasteiger partial charge is 0.324 e. The zero-order valence-corrected chi connectivity index (χ0v) is 13.2. The van der Waals surface area contributed by atoms with Crippen LogP contribution < -0.4 is 0 Å². The van der Waals surface area contributed by atoms with E-state index in [4.69, 9.17) is 4.74 Å². The fraction of sp³-hybridized carbons (Fsp3) is 0.235. The predicted molar refractivity (Wildman–Crippen MR) is 88.6 cm³/mol. The van der Waals surface area contributed by atoms with Crippen LogP contribution in [0.4, 0.5) is 0 Å². The van der Waals surface area contributed by atoms with Crippen molar-refractivity contribution in [3.8, 4) is 0 Å². The zero-order chi connectivity index (χ0) is 15.9. The Morgan fingerprint density at radius 2 is 1.68 bits per heavy atom. The van der Waals surface area contributed by atoms with Crippen LogP contribution in [0.25, 0.3) is 0 Å². The average Bonchev–Trinajstić information content (AvgIpc) is 2.53. The van der Waals surface area contributed by atoms with Crippen molar-refractivity contribution in [2.24, 2.45) is 0 Å². The largest absolute Gasteiger partial charge is 0.480 e. The van der Waals surface area contributed by atoms with Crippen LogP contribution in [0.3, 0.4) is 0 Å². The van der Waals surface area contributed by atoms with Gasteiger partial charge in [0.1, 0.15) is 12.1 Å². The normalized spacial score (nSPS) is 13.8. The molecule has 0 aliphatic rings. The molecule has 0 aromatic heterocycles. The third kappa shape index (κ3) is 4.10. The summed E-state index contributed by atoms with van der Waals surface area (Å²) in [6, 6.07) is 18.0. The van der Waals surface area contributed by atoms with Crippen molar-refractivity contribution < 1.29 is 14.6 Å². The molecule has 0 saturated carbocycles. The molecule has 0 radical (unpaired) electrons. The SMILES string of the molecule is COC(c1ccccc1)[C@H](C(=O)O)N(S)Cc1ccccc1. The number of aliphatic carboxylic acids is 1. The van der Waals surface area contributed by atoms with Crippen molar-refractivity contribution in [1.29, 1.82) is 0 Å². The maximum Gasteiger partial charge on any atom is 0.324 e. The van der Waals surface area contributed by atoms with Gasteiger partial charge in [-0.05, 0) is 11.1 Å². The lowest BCUT2D eigenvalue weighted by Crippen LogP contribution is -2.40. The fourth-order valence-corrected chi connectivity index (χ4v) is 2.76. The molecule has 0 spiro atoms. The van der Waals surface area contributed by atoms with Gasteiger partial charge in [-0.1, -0.05) is 73.5 Å². The van der Waals surface area contributed by atoms with Gasteiger partial charge in [0.15, 0.2) is 0 Å². The van der Waals surface area contributed by atoms with Crippen molar-refractivity contribution in [2.75, 3.05) is 7.11 Å². The minimum Gasteiger partial charge on any atom is -0.480 e. The summed E-state index contributed by atoms with van der Waals surface area (Å²) >= 11 is 4.39. The Bertz CT molecular complexity index is 591. The summed E-state index contributed by atoms with van der Waals surface area (Å²) in [5.74, 6) is -0.971. The molecule has 2 aromatic carbocycles. The summed E-state index contributed by atoms with van der Waals surface area (Å²) in [6.45, 7) is 0.410. The highest BCUT2D eigenvalue weighted by atomic mass is 32.1. The quantitative estimate of drug-likeness (QED) is 0.770. The molecule has 1 unspecified atom stereocenters. The molecule has 2 rings (SSSR count). The van der Waals surface area contributed by atoms with E-state index in [2.05, 4.69) is 12.8 Å². The van der Waals surface area contributed by atoms with Crippen LogP contribution in [-0.4, -0.2) is 28.5 Å². The number of thiol groups is 1. The number of nitrogens with zero attached hydrogens (tertiary/aromatic N) is 1. The van der Waals surface area contributed by atoms with Gasteiger partial charge in [-0.25, -0.2) is 4.31 Å². The van der Waals surface area contributed by atoms with Crippen molar-refractivity contribution in [2.45, 2.75) is 18.7 Å².